The van der Waals surface area contributed by atoms with Crippen molar-refractivity contribution in [3.63, 3.8) is 0 Å². The van der Waals surface area contributed by atoms with Crippen LogP contribution in [0.1, 0.15) is 38.2 Å². The second-order valence-electron chi connectivity index (χ2n) is 5.39. The molecule has 2 N–H and O–H groups in total. The van der Waals surface area contributed by atoms with E-state index in [1.807, 2.05) is 0 Å². The van der Waals surface area contributed by atoms with Crippen molar-refractivity contribution in [2.75, 3.05) is 13.6 Å². The molecule has 118 valence electrons. The molecule has 0 aromatic heterocycles. The lowest BCUT2D eigenvalue weighted by atomic mass is 9.96. The topological polar surface area (TPSA) is 46.3 Å². The Labute approximate surface area is 125 Å². The number of carbonyl (C=O) groups excluding carboxylic acids is 1. The molecule has 0 heterocycles. The quantitative estimate of drug-likeness (QED) is 0.801. The van der Waals surface area contributed by atoms with Gasteiger partial charge in [0.25, 0.3) is 0 Å². The van der Waals surface area contributed by atoms with Crippen LogP contribution in [0.4, 0.5) is 8.78 Å². The summed E-state index contributed by atoms with van der Waals surface area (Å²) in [5.41, 5.74) is 6.12. The molecule has 1 aromatic rings. The maximum atomic E-state index is 13.1. The number of hydrogen-bond acceptors (Lipinski definition) is 2. The molecule has 1 atom stereocenters. The fraction of sp³-hybridized carbons (Fsp3) is 0.562. The molecular formula is C16H24F2N2O. The van der Waals surface area contributed by atoms with Gasteiger partial charge in [0.1, 0.15) is 0 Å². The molecule has 1 aromatic carbocycles. The number of rotatable bonds is 8. The molecule has 0 aliphatic carbocycles. The van der Waals surface area contributed by atoms with Gasteiger partial charge in [0, 0.05) is 20.0 Å². The normalized spacial score (nSPS) is 12.2. The third-order valence-corrected chi connectivity index (χ3v) is 3.75. The van der Waals surface area contributed by atoms with Gasteiger partial charge in [0.05, 0.1) is 0 Å². The van der Waals surface area contributed by atoms with Gasteiger partial charge in [0.15, 0.2) is 11.6 Å². The zero-order valence-corrected chi connectivity index (χ0v) is 12.7. The Morgan fingerprint density at radius 1 is 1.29 bits per heavy atom. The fourth-order valence-electron chi connectivity index (χ4n) is 2.31. The highest BCUT2D eigenvalue weighted by molar-refractivity contribution is 5.75. The number of nitrogens with two attached hydrogens (primary N) is 1. The summed E-state index contributed by atoms with van der Waals surface area (Å²) in [6.45, 7) is 3.01. The summed E-state index contributed by atoms with van der Waals surface area (Å²) in [6, 6.07) is 3.70. The number of carbonyl (C=O) groups is 1. The highest BCUT2D eigenvalue weighted by Gasteiger charge is 2.13. The Balaban J connectivity index is 2.48. The van der Waals surface area contributed by atoms with Crippen molar-refractivity contribution in [2.45, 2.75) is 39.2 Å². The van der Waals surface area contributed by atoms with Gasteiger partial charge in [-0.05, 0) is 43.0 Å². The Kier molecular flexibility index (Phi) is 7.29. The summed E-state index contributed by atoms with van der Waals surface area (Å²) in [5.74, 6) is -1.28. The lowest BCUT2D eigenvalue weighted by Gasteiger charge is -2.19. The van der Waals surface area contributed by atoms with Gasteiger partial charge in [-0.3, -0.25) is 4.79 Å². The lowest BCUT2D eigenvalue weighted by molar-refractivity contribution is -0.130. The van der Waals surface area contributed by atoms with Crippen LogP contribution in [-0.4, -0.2) is 24.4 Å². The lowest BCUT2D eigenvalue weighted by Crippen LogP contribution is -2.26. The van der Waals surface area contributed by atoms with Crippen LogP contribution in [0.15, 0.2) is 18.2 Å². The van der Waals surface area contributed by atoms with Gasteiger partial charge < -0.3 is 10.6 Å². The molecule has 0 saturated heterocycles. The first-order chi connectivity index (χ1) is 9.97. The van der Waals surface area contributed by atoms with Gasteiger partial charge in [0.2, 0.25) is 5.91 Å². The molecule has 0 aliphatic heterocycles. The highest BCUT2D eigenvalue weighted by Crippen LogP contribution is 2.16. The monoisotopic (exact) mass is 298 g/mol. The smallest absolute Gasteiger partial charge is 0.222 e. The molecule has 0 radical (unpaired) electrons. The summed E-state index contributed by atoms with van der Waals surface area (Å²) in [5, 5.41) is 0. The van der Waals surface area contributed by atoms with E-state index in [1.54, 1.807) is 11.9 Å². The SMILES string of the molecule is CCC(CCN)CCC(=O)N(C)Cc1ccc(F)c(F)c1. The van der Waals surface area contributed by atoms with Gasteiger partial charge in [-0.15, -0.1) is 0 Å². The van der Waals surface area contributed by atoms with E-state index in [0.717, 1.165) is 31.4 Å². The van der Waals surface area contributed by atoms with Crippen molar-refractivity contribution in [2.24, 2.45) is 11.7 Å². The van der Waals surface area contributed by atoms with E-state index < -0.39 is 11.6 Å². The molecule has 0 bridgehead atoms. The van der Waals surface area contributed by atoms with Crippen LogP contribution >= 0.6 is 0 Å². The van der Waals surface area contributed by atoms with Crippen LogP contribution in [0, 0.1) is 17.6 Å². The predicted molar refractivity (Wildman–Crippen MR) is 79.5 cm³/mol. The number of amides is 1. The maximum Gasteiger partial charge on any atom is 0.222 e. The second kappa shape index (κ2) is 8.72. The average Bonchev–Trinajstić information content (AvgIpc) is 2.46. The number of halogens is 2. The summed E-state index contributed by atoms with van der Waals surface area (Å²) in [6.07, 6.45) is 3.21. The van der Waals surface area contributed by atoms with Crippen molar-refractivity contribution in [1.82, 2.24) is 4.90 Å². The van der Waals surface area contributed by atoms with E-state index in [0.29, 0.717) is 24.4 Å². The minimum absolute atomic E-state index is 0.00945. The van der Waals surface area contributed by atoms with E-state index in [4.69, 9.17) is 5.73 Å². The Hall–Kier alpha value is -1.49. The minimum atomic E-state index is -0.887. The molecule has 1 amide bonds. The third kappa shape index (κ3) is 5.79. The minimum Gasteiger partial charge on any atom is -0.341 e. The number of nitrogens with zero attached hydrogens (tertiary/aromatic N) is 1. The van der Waals surface area contributed by atoms with Crippen LogP contribution in [0.3, 0.4) is 0 Å². The van der Waals surface area contributed by atoms with E-state index >= 15 is 0 Å². The standard InChI is InChI=1S/C16H24F2N2O/c1-3-12(8-9-19)5-7-16(21)20(2)11-13-4-6-14(17)15(18)10-13/h4,6,10,12H,3,5,7-9,11,19H2,1-2H3. The Morgan fingerprint density at radius 2 is 2.00 bits per heavy atom. The fourth-order valence-corrected chi connectivity index (χ4v) is 2.31. The molecule has 1 unspecified atom stereocenters. The van der Waals surface area contributed by atoms with Gasteiger partial charge in [-0.2, -0.15) is 0 Å². The second-order valence-corrected chi connectivity index (χ2v) is 5.39. The van der Waals surface area contributed by atoms with Crippen molar-refractivity contribution in [1.29, 1.82) is 0 Å². The van der Waals surface area contributed by atoms with E-state index in [9.17, 15) is 13.6 Å². The Morgan fingerprint density at radius 3 is 2.57 bits per heavy atom. The van der Waals surface area contributed by atoms with Crippen LogP contribution in [-0.2, 0) is 11.3 Å². The summed E-state index contributed by atoms with van der Waals surface area (Å²) in [4.78, 5) is 13.6. The average molecular weight is 298 g/mol. The molecule has 0 saturated carbocycles. The van der Waals surface area contributed by atoms with Crippen molar-refractivity contribution in [3.05, 3.63) is 35.4 Å². The van der Waals surface area contributed by atoms with Crippen molar-refractivity contribution < 1.29 is 13.6 Å². The molecule has 5 heteroatoms. The maximum absolute atomic E-state index is 13.1. The van der Waals surface area contributed by atoms with E-state index in [-0.39, 0.29) is 12.5 Å². The zero-order chi connectivity index (χ0) is 15.8. The third-order valence-electron chi connectivity index (χ3n) is 3.75. The summed E-state index contributed by atoms with van der Waals surface area (Å²) in [7, 11) is 1.67. The molecular weight excluding hydrogens is 274 g/mol. The van der Waals surface area contributed by atoms with E-state index in [2.05, 4.69) is 6.92 Å². The molecule has 3 nitrogen and oxygen atoms in total. The molecule has 0 aliphatic rings. The molecule has 0 spiro atoms. The molecule has 21 heavy (non-hydrogen) atoms. The summed E-state index contributed by atoms with van der Waals surface area (Å²) >= 11 is 0. The van der Waals surface area contributed by atoms with Gasteiger partial charge in [-0.1, -0.05) is 19.4 Å². The van der Waals surface area contributed by atoms with Crippen LogP contribution < -0.4 is 5.73 Å². The Bertz CT molecular complexity index is 466. The van der Waals surface area contributed by atoms with Crippen molar-refractivity contribution in [3.8, 4) is 0 Å². The molecule has 1 rings (SSSR count). The number of benzene rings is 1. The number of hydrogen-bond donors (Lipinski definition) is 1. The zero-order valence-electron chi connectivity index (χ0n) is 12.7. The summed E-state index contributed by atoms with van der Waals surface area (Å²) < 4.78 is 26.0. The predicted octanol–water partition coefficient (Wildman–Crippen LogP) is 3.08. The molecule has 0 fully saturated rings. The highest BCUT2D eigenvalue weighted by atomic mass is 19.2. The van der Waals surface area contributed by atoms with Gasteiger partial charge >= 0.3 is 0 Å². The van der Waals surface area contributed by atoms with Crippen molar-refractivity contribution >= 4 is 5.91 Å². The van der Waals surface area contributed by atoms with Crippen LogP contribution in [0.2, 0.25) is 0 Å². The van der Waals surface area contributed by atoms with Gasteiger partial charge in [-0.25, -0.2) is 8.78 Å². The first-order valence-corrected chi connectivity index (χ1v) is 7.35. The van der Waals surface area contributed by atoms with Crippen LogP contribution in [0.5, 0.6) is 0 Å². The largest absolute Gasteiger partial charge is 0.341 e. The van der Waals surface area contributed by atoms with Crippen LogP contribution in [0.25, 0.3) is 0 Å². The first kappa shape index (κ1) is 17.6. The first-order valence-electron chi connectivity index (χ1n) is 7.35. The van der Waals surface area contributed by atoms with E-state index in [1.165, 1.54) is 6.07 Å².